The molecule has 1 fully saturated rings. The van der Waals surface area contributed by atoms with Gasteiger partial charge in [-0.05, 0) is 37.1 Å². The molecule has 1 aliphatic rings. The van der Waals surface area contributed by atoms with Crippen molar-refractivity contribution in [1.29, 1.82) is 0 Å². The van der Waals surface area contributed by atoms with Gasteiger partial charge in [0, 0.05) is 36.1 Å². The van der Waals surface area contributed by atoms with Crippen LogP contribution < -0.4 is 32.5 Å². The van der Waals surface area contributed by atoms with Crippen LogP contribution in [0.3, 0.4) is 0 Å². The summed E-state index contributed by atoms with van der Waals surface area (Å²) in [7, 11) is 0. The predicted molar refractivity (Wildman–Crippen MR) is 151 cm³/mol. The third-order valence-electron chi connectivity index (χ3n) is 7.02. The number of nitrogens with one attached hydrogen (secondary N) is 2. The van der Waals surface area contributed by atoms with E-state index in [1.54, 1.807) is 0 Å². The van der Waals surface area contributed by atoms with Crippen LogP contribution in [0.1, 0.15) is 52.9 Å². The van der Waals surface area contributed by atoms with Gasteiger partial charge in [0.05, 0.1) is 12.6 Å². The maximum atomic E-state index is 11.9. The number of hydrogen-bond acceptors (Lipinski definition) is 8. The number of nitrogens with zero attached hydrogens (tertiary/aromatic N) is 4. The number of rotatable bonds is 11. The molecule has 1 aliphatic heterocycles. The first kappa shape index (κ1) is 27.6. The van der Waals surface area contributed by atoms with E-state index in [0.29, 0.717) is 47.7 Å². The van der Waals surface area contributed by atoms with E-state index in [4.69, 9.17) is 17.2 Å². The van der Waals surface area contributed by atoms with Crippen LogP contribution in [-0.4, -0.2) is 59.6 Å². The van der Waals surface area contributed by atoms with Gasteiger partial charge in [0.1, 0.15) is 24.7 Å². The van der Waals surface area contributed by atoms with E-state index in [-0.39, 0.29) is 17.9 Å². The van der Waals surface area contributed by atoms with Crippen molar-refractivity contribution in [2.24, 2.45) is 11.5 Å². The van der Waals surface area contributed by atoms with Crippen molar-refractivity contribution >= 4 is 17.5 Å². The fourth-order valence-electron chi connectivity index (χ4n) is 5.20. The van der Waals surface area contributed by atoms with E-state index in [2.05, 4.69) is 50.0 Å². The van der Waals surface area contributed by atoms with Crippen LogP contribution in [0.2, 0.25) is 0 Å². The van der Waals surface area contributed by atoms with Crippen molar-refractivity contribution in [2.45, 2.75) is 45.1 Å². The maximum absolute atomic E-state index is 11.9. The number of carbonyl (C=O) groups is 1. The van der Waals surface area contributed by atoms with Crippen LogP contribution in [0.25, 0.3) is 0 Å². The average molecular weight is 519 g/mol. The standard InChI is InChI=1S/C28H39N9O/c1-19(2)27-34-25(35-28(31)36-27)11-13-33-37(24-9-8-22(26(30)38)17-21(24)10-12-29)15-14-32-23(18-37)16-20-6-4-3-5-7-20/h3-9,17,19,23,32-33H,10-16,18,29H2,1-2H3,(H3-,30,31,34,35,36,38)/p+1. The Labute approximate surface area is 224 Å². The lowest BCUT2D eigenvalue weighted by molar-refractivity contribution is 0.0999. The molecule has 0 spiro atoms. The molecular weight excluding hydrogens is 478 g/mol. The quantitative estimate of drug-likeness (QED) is 0.239. The summed E-state index contributed by atoms with van der Waals surface area (Å²) in [6.07, 6.45) is 2.17. The van der Waals surface area contributed by atoms with Crippen LogP contribution in [0.5, 0.6) is 0 Å². The molecular formula is C28H40N9O+. The van der Waals surface area contributed by atoms with Crippen LogP contribution in [0, 0.1) is 0 Å². The van der Waals surface area contributed by atoms with Crippen LogP contribution >= 0.6 is 0 Å². The largest absolute Gasteiger partial charge is 0.368 e. The highest BCUT2D eigenvalue weighted by molar-refractivity contribution is 5.93. The Hall–Kier alpha value is -3.44. The lowest BCUT2D eigenvalue weighted by Crippen LogP contribution is -2.70. The number of benzene rings is 2. The molecule has 2 atom stereocenters. The van der Waals surface area contributed by atoms with Gasteiger partial charge >= 0.3 is 0 Å². The Morgan fingerprint density at radius 2 is 1.92 bits per heavy atom. The second-order valence-electron chi connectivity index (χ2n) is 10.2. The second-order valence-corrected chi connectivity index (χ2v) is 10.2. The summed E-state index contributed by atoms with van der Waals surface area (Å²) in [5.41, 5.74) is 25.3. The van der Waals surface area contributed by atoms with Crippen molar-refractivity contribution in [3.8, 4) is 0 Å². The number of anilines is 1. The van der Waals surface area contributed by atoms with Crippen LogP contribution in [0.4, 0.5) is 11.6 Å². The summed E-state index contributed by atoms with van der Waals surface area (Å²) in [5.74, 6) is 1.35. The van der Waals surface area contributed by atoms with Gasteiger partial charge in [-0.25, -0.2) is 9.58 Å². The summed E-state index contributed by atoms with van der Waals surface area (Å²) in [4.78, 5) is 25.2. The molecule has 3 aromatic rings. The molecule has 0 aliphatic carbocycles. The van der Waals surface area contributed by atoms with Crippen molar-refractivity contribution in [1.82, 2.24) is 30.3 Å². The molecule has 4 rings (SSSR count). The van der Waals surface area contributed by atoms with Gasteiger partial charge in [-0.1, -0.05) is 44.2 Å². The molecule has 38 heavy (non-hydrogen) atoms. The molecule has 2 heterocycles. The summed E-state index contributed by atoms with van der Waals surface area (Å²) in [6, 6.07) is 16.5. The molecule has 0 bridgehead atoms. The topological polar surface area (TPSA) is 158 Å². The zero-order chi connectivity index (χ0) is 27.1. The van der Waals surface area contributed by atoms with Gasteiger partial charge in [0.15, 0.2) is 5.69 Å². The number of nitrogen functional groups attached to an aromatic ring is 1. The van der Waals surface area contributed by atoms with Gasteiger partial charge < -0.3 is 22.5 Å². The first-order valence-corrected chi connectivity index (χ1v) is 13.3. The second kappa shape index (κ2) is 12.4. The fourth-order valence-corrected chi connectivity index (χ4v) is 5.20. The smallest absolute Gasteiger partial charge is 0.248 e. The SMILES string of the molecule is CC(C)c1nc(N)nc(CCN[N+]2(c3ccc(C(N)=O)cc3CCN)CCNC(Cc3ccccc3)C2)n1. The van der Waals surface area contributed by atoms with E-state index >= 15 is 0 Å². The first-order chi connectivity index (χ1) is 18.3. The number of piperazine rings is 1. The van der Waals surface area contributed by atoms with Gasteiger partial charge in [-0.3, -0.25) is 4.79 Å². The first-order valence-electron chi connectivity index (χ1n) is 13.3. The van der Waals surface area contributed by atoms with Gasteiger partial charge in [-0.15, -0.1) is 0 Å². The summed E-state index contributed by atoms with van der Waals surface area (Å²) in [5, 5.41) is 3.70. The van der Waals surface area contributed by atoms with Crippen molar-refractivity contribution in [2.75, 3.05) is 38.5 Å². The number of hydrogen-bond donors (Lipinski definition) is 5. The minimum atomic E-state index is -0.440. The van der Waals surface area contributed by atoms with Gasteiger partial charge in [0.25, 0.3) is 0 Å². The number of nitrogens with two attached hydrogens (primary N) is 3. The predicted octanol–water partition coefficient (Wildman–Crippen LogP) is 1.45. The molecule has 0 saturated carbocycles. The lowest BCUT2D eigenvalue weighted by atomic mass is 9.99. The number of primary amides is 1. The van der Waals surface area contributed by atoms with Crippen molar-refractivity contribution in [3.63, 3.8) is 0 Å². The Bertz CT molecular complexity index is 1230. The monoisotopic (exact) mass is 518 g/mol. The van der Waals surface area contributed by atoms with Crippen molar-refractivity contribution in [3.05, 3.63) is 76.9 Å². The lowest BCUT2D eigenvalue weighted by Gasteiger charge is -2.44. The zero-order valence-corrected chi connectivity index (χ0v) is 22.4. The molecule has 1 aromatic heterocycles. The van der Waals surface area contributed by atoms with E-state index < -0.39 is 5.91 Å². The summed E-state index contributed by atoms with van der Waals surface area (Å²) >= 11 is 0. The molecule has 1 amide bonds. The normalized spacial score (nSPS) is 19.5. The molecule has 1 saturated heterocycles. The maximum Gasteiger partial charge on any atom is 0.248 e. The molecule has 0 radical (unpaired) electrons. The molecule has 8 N–H and O–H groups in total. The third kappa shape index (κ3) is 6.70. The highest BCUT2D eigenvalue weighted by Crippen LogP contribution is 2.30. The average Bonchev–Trinajstić information content (AvgIpc) is 2.89. The van der Waals surface area contributed by atoms with Crippen LogP contribution in [-0.2, 0) is 19.3 Å². The fraction of sp³-hybridized carbons (Fsp3) is 0.429. The Balaban J connectivity index is 1.64. The molecule has 2 aromatic carbocycles. The molecule has 202 valence electrons. The molecule has 10 nitrogen and oxygen atoms in total. The Kier molecular flexibility index (Phi) is 9.01. The van der Waals surface area contributed by atoms with Gasteiger partial charge in [0.2, 0.25) is 11.9 Å². The Morgan fingerprint density at radius 1 is 1.13 bits per heavy atom. The number of aromatic nitrogens is 3. The minimum Gasteiger partial charge on any atom is -0.368 e. The molecule has 2 unspecified atom stereocenters. The van der Waals surface area contributed by atoms with Gasteiger partial charge in [-0.2, -0.15) is 15.4 Å². The van der Waals surface area contributed by atoms with E-state index in [1.165, 1.54) is 5.56 Å². The van der Waals surface area contributed by atoms with E-state index in [9.17, 15) is 4.79 Å². The highest BCUT2D eigenvalue weighted by atomic mass is 16.1. The van der Waals surface area contributed by atoms with E-state index in [0.717, 1.165) is 37.3 Å². The van der Waals surface area contributed by atoms with Crippen molar-refractivity contribution < 1.29 is 4.79 Å². The zero-order valence-electron chi connectivity index (χ0n) is 22.4. The van der Waals surface area contributed by atoms with E-state index in [1.807, 2.05) is 38.1 Å². The molecule has 10 heteroatoms. The van der Waals surface area contributed by atoms with Crippen LogP contribution in [0.15, 0.2) is 48.5 Å². The highest BCUT2D eigenvalue weighted by Gasteiger charge is 2.39. The Morgan fingerprint density at radius 3 is 2.63 bits per heavy atom. The number of amides is 1. The summed E-state index contributed by atoms with van der Waals surface area (Å²) < 4.78 is 0.552. The third-order valence-corrected chi connectivity index (χ3v) is 7.02. The number of quaternary nitrogens is 1. The minimum absolute atomic E-state index is 0.167. The summed E-state index contributed by atoms with van der Waals surface area (Å²) in [6.45, 7) is 7.68. The number of carbonyl (C=O) groups excluding carboxylic acids is 1.